The molecule has 3 rings (SSSR count). The van der Waals surface area contributed by atoms with Crippen LogP contribution in [0.3, 0.4) is 0 Å². The summed E-state index contributed by atoms with van der Waals surface area (Å²) in [7, 11) is 1.33. The van der Waals surface area contributed by atoms with E-state index in [9.17, 15) is 14.4 Å². The van der Waals surface area contributed by atoms with Crippen molar-refractivity contribution in [2.24, 2.45) is 0 Å². The number of halogens is 1. The van der Waals surface area contributed by atoms with Gasteiger partial charge in [-0.15, -0.1) is 11.8 Å². The molecule has 1 heterocycles. The fourth-order valence-electron chi connectivity index (χ4n) is 3.39. The third-order valence-corrected chi connectivity index (χ3v) is 6.60. The van der Waals surface area contributed by atoms with Gasteiger partial charge in [-0.2, -0.15) is 0 Å². The van der Waals surface area contributed by atoms with Crippen molar-refractivity contribution in [2.75, 3.05) is 44.7 Å². The van der Waals surface area contributed by atoms with E-state index < -0.39 is 5.25 Å². The first kappa shape index (κ1) is 23.9. The van der Waals surface area contributed by atoms with Crippen molar-refractivity contribution < 1.29 is 19.1 Å². The second kappa shape index (κ2) is 11.2. The van der Waals surface area contributed by atoms with Crippen LogP contribution in [0, 0.1) is 0 Å². The summed E-state index contributed by atoms with van der Waals surface area (Å²) >= 11 is 7.20. The van der Waals surface area contributed by atoms with E-state index in [1.165, 1.54) is 18.9 Å². The summed E-state index contributed by atoms with van der Waals surface area (Å²) in [6, 6.07) is 14.6. The highest BCUT2D eigenvalue weighted by Gasteiger charge is 2.23. The number of carbonyl (C=O) groups is 3. The number of ether oxygens (including phenoxy) is 1. The molecular weight excluding hydrogens is 450 g/mol. The normalized spacial score (nSPS) is 14.6. The third kappa shape index (κ3) is 6.17. The lowest BCUT2D eigenvalue weighted by Crippen LogP contribution is -2.51. The van der Waals surface area contributed by atoms with Crippen LogP contribution in [0.25, 0.3) is 0 Å². The number of esters is 1. The number of rotatable bonds is 7. The summed E-state index contributed by atoms with van der Waals surface area (Å²) in [5.41, 5.74) is 1.50. The first-order valence-electron chi connectivity index (χ1n) is 10.3. The Kier molecular flexibility index (Phi) is 8.41. The fraction of sp³-hybridized carbons (Fsp3) is 0.348. The van der Waals surface area contributed by atoms with E-state index in [1.54, 1.807) is 36.1 Å². The number of piperazine rings is 1. The maximum absolute atomic E-state index is 12.7. The van der Waals surface area contributed by atoms with Crippen molar-refractivity contribution in [2.45, 2.75) is 17.1 Å². The summed E-state index contributed by atoms with van der Waals surface area (Å²) in [6.45, 7) is 4.24. The first-order valence-corrected chi connectivity index (χ1v) is 11.5. The van der Waals surface area contributed by atoms with Gasteiger partial charge >= 0.3 is 5.97 Å². The van der Waals surface area contributed by atoms with E-state index in [0.717, 1.165) is 5.69 Å². The molecule has 1 aliphatic heterocycles. The van der Waals surface area contributed by atoms with Crippen LogP contribution in [0.4, 0.5) is 5.69 Å². The van der Waals surface area contributed by atoms with Gasteiger partial charge in [-0.25, -0.2) is 0 Å². The minimum Gasteiger partial charge on any atom is -0.468 e. The Morgan fingerprint density at radius 1 is 1.06 bits per heavy atom. The number of thioether (sulfide) groups is 1. The zero-order chi connectivity index (χ0) is 23.1. The zero-order valence-corrected chi connectivity index (χ0v) is 19.6. The number of anilines is 1. The minimum atomic E-state index is -0.451. The smallest absolute Gasteiger partial charge is 0.318 e. The number of nitrogens with one attached hydrogen (secondary N) is 1. The van der Waals surface area contributed by atoms with E-state index in [-0.39, 0.29) is 24.3 Å². The number of carbonyl (C=O) groups excluding carboxylic acids is 3. The van der Waals surface area contributed by atoms with E-state index >= 15 is 0 Å². The van der Waals surface area contributed by atoms with Crippen LogP contribution in [0.15, 0.2) is 53.4 Å². The molecule has 1 fully saturated rings. The molecular formula is C23H26ClN3O4S. The summed E-state index contributed by atoms with van der Waals surface area (Å²) in [5.74, 6) is -0.835. The number of amides is 2. The molecule has 1 aliphatic rings. The molecule has 2 aromatic carbocycles. The molecule has 9 heteroatoms. The largest absolute Gasteiger partial charge is 0.468 e. The van der Waals surface area contributed by atoms with Gasteiger partial charge in [0.25, 0.3) is 5.91 Å². The van der Waals surface area contributed by atoms with Gasteiger partial charge in [-0.1, -0.05) is 23.7 Å². The van der Waals surface area contributed by atoms with Gasteiger partial charge in [0, 0.05) is 41.8 Å². The Bertz CT molecular complexity index is 962. The van der Waals surface area contributed by atoms with Crippen molar-refractivity contribution in [1.29, 1.82) is 0 Å². The summed E-state index contributed by atoms with van der Waals surface area (Å²) in [5, 5.41) is 2.96. The van der Waals surface area contributed by atoms with E-state index in [0.29, 0.717) is 41.7 Å². The number of hydrogen-bond donors (Lipinski definition) is 1. The highest BCUT2D eigenvalue weighted by atomic mass is 35.5. The van der Waals surface area contributed by atoms with Crippen molar-refractivity contribution >= 4 is 46.8 Å². The van der Waals surface area contributed by atoms with Crippen molar-refractivity contribution in [1.82, 2.24) is 10.2 Å². The SMILES string of the molecule is COC(=O)C(C)Sc1ccccc1C(=O)NCC(=O)N1CCN(c2ccc(Cl)cc2)CC1. The molecule has 1 saturated heterocycles. The molecule has 1 N–H and O–H groups in total. The summed E-state index contributed by atoms with van der Waals surface area (Å²) in [6.07, 6.45) is 0. The quantitative estimate of drug-likeness (QED) is 0.489. The van der Waals surface area contributed by atoms with Gasteiger partial charge < -0.3 is 19.9 Å². The lowest BCUT2D eigenvalue weighted by atomic mass is 10.2. The van der Waals surface area contributed by atoms with E-state index in [1.807, 2.05) is 24.3 Å². The maximum atomic E-state index is 12.7. The predicted octanol–water partition coefficient (Wildman–Crippen LogP) is 3.07. The lowest BCUT2D eigenvalue weighted by molar-refractivity contribution is -0.139. The van der Waals surface area contributed by atoms with E-state index in [2.05, 4.69) is 10.2 Å². The monoisotopic (exact) mass is 475 g/mol. The van der Waals surface area contributed by atoms with Gasteiger partial charge in [0.15, 0.2) is 0 Å². The lowest BCUT2D eigenvalue weighted by Gasteiger charge is -2.36. The van der Waals surface area contributed by atoms with Crippen LogP contribution in [0.2, 0.25) is 5.02 Å². The molecule has 32 heavy (non-hydrogen) atoms. The Morgan fingerprint density at radius 2 is 1.72 bits per heavy atom. The summed E-state index contributed by atoms with van der Waals surface area (Å²) in [4.78, 5) is 41.7. The molecule has 1 unspecified atom stereocenters. The topological polar surface area (TPSA) is 78.9 Å². The van der Waals surface area contributed by atoms with Gasteiger partial charge in [0.05, 0.1) is 19.2 Å². The van der Waals surface area contributed by atoms with Gasteiger partial charge in [0.1, 0.15) is 5.25 Å². The predicted molar refractivity (Wildman–Crippen MR) is 126 cm³/mol. The second-order valence-electron chi connectivity index (χ2n) is 7.31. The number of benzene rings is 2. The molecule has 0 saturated carbocycles. The van der Waals surface area contributed by atoms with Crippen LogP contribution in [-0.4, -0.2) is 67.8 Å². The molecule has 0 aliphatic carbocycles. The molecule has 7 nitrogen and oxygen atoms in total. The van der Waals surface area contributed by atoms with Crippen molar-refractivity contribution in [3.05, 3.63) is 59.1 Å². The van der Waals surface area contributed by atoms with Crippen molar-refractivity contribution in [3.8, 4) is 0 Å². The van der Waals surface area contributed by atoms with Crippen LogP contribution < -0.4 is 10.2 Å². The van der Waals surface area contributed by atoms with Crippen LogP contribution >= 0.6 is 23.4 Å². The first-order chi connectivity index (χ1) is 15.4. The van der Waals surface area contributed by atoms with Gasteiger partial charge in [0.2, 0.25) is 5.91 Å². The molecule has 0 bridgehead atoms. The summed E-state index contributed by atoms with van der Waals surface area (Å²) < 4.78 is 4.75. The molecule has 2 aromatic rings. The molecule has 1 atom stereocenters. The molecule has 0 radical (unpaired) electrons. The molecule has 170 valence electrons. The number of hydrogen-bond acceptors (Lipinski definition) is 6. The van der Waals surface area contributed by atoms with Gasteiger partial charge in [-0.05, 0) is 43.3 Å². The van der Waals surface area contributed by atoms with Crippen LogP contribution in [0.1, 0.15) is 17.3 Å². The highest BCUT2D eigenvalue weighted by molar-refractivity contribution is 8.00. The van der Waals surface area contributed by atoms with E-state index in [4.69, 9.17) is 16.3 Å². The average molecular weight is 476 g/mol. The van der Waals surface area contributed by atoms with Gasteiger partial charge in [-0.3, -0.25) is 14.4 Å². The molecule has 0 spiro atoms. The Labute approximate surface area is 197 Å². The zero-order valence-electron chi connectivity index (χ0n) is 18.0. The molecule has 2 amide bonds. The minimum absolute atomic E-state index is 0.0780. The van der Waals surface area contributed by atoms with Crippen LogP contribution in [-0.2, 0) is 14.3 Å². The maximum Gasteiger partial charge on any atom is 0.318 e. The fourth-order valence-corrected chi connectivity index (χ4v) is 4.53. The number of nitrogens with zero attached hydrogens (tertiary/aromatic N) is 2. The Balaban J connectivity index is 1.52. The van der Waals surface area contributed by atoms with Crippen LogP contribution in [0.5, 0.6) is 0 Å². The number of methoxy groups -OCH3 is 1. The Hall–Kier alpha value is -2.71. The average Bonchev–Trinajstić information content (AvgIpc) is 2.82. The van der Waals surface area contributed by atoms with Crippen molar-refractivity contribution in [3.63, 3.8) is 0 Å². The Morgan fingerprint density at radius 3 is 2.38 bits per heavy atom. The highest BCUT2D eigenvalue weighted by Crippen LogP contribution is 2.27. The second-order valence-corrected chi connectivity index (χ2v) is 9.13. The standard InChI is InChI=1S/C23H26ClN3O4S/c1-16(23(30)31-2)32-20-6-4-3-5-19(20)22(29)25-15-21(28)27-13-11-26(12-14-27)18-9-7-17(24)8-10-18/h3-10,16H,11-15H2,1-2H3,(H,25,29). The molecule has 0 aromatic heterocycles. The third-order valence-electron chi connectivity index (χ3n) is 5.19.